The van der Waals surface area contributed by atoms with Crippen molar-refractivity contribution < 1.29 is 4.74 Å². The molecule has 24 heavy (non-hydrogen) atoms. The van der Waals surface area contributed by atoms with Crippen molar-refractivity contribution in [3.05, 3.63) is 46.9 Å². The summed E-state index contributed by atoms with van der Waals surface area (Å²) >= 11 is 1.56. The van der Waals surface area contributed by atoms with E-state index in [1.54, 1.807) is 22.5 Å². The molecule has 1 saturated carbocycles. The number of hydrogen-bond donors (Lipinski definition) is 1. The highest BCUT2D eigenvalue weighted by molar-refractivity contribution is 7.99. The second-order valence-corrected chi connectivity index (χ2v) is 7.19. The molecule has 0 radical (unpaired) electrons. The quantitative estimate of drug-likeness (QED) is 0.549. The molecule has 6 heteroatoms. The van der Waals surface area contributed by atoms with Gasteiger partial charge < -0.3 is 9.72 Å². The van der Waals surface area contributed by atoms with E-state index < -0.39 is 0 Å². The van der Waals surface area contributed by atoms with Crippen molar-refractivity contribution in [2.75, 3.05) is 12.4 Å². The second-order valence-electron chi connectivity index (χ2n) is 5.95. The monoisotopic (exact) mass is 341 g/mol. The van der Waals surface area contributed by atoms with Crippen LogP contribution in [0.4, 0.5) is 0 Å². The number of aromatic nitrogens is 3. The van der Waals surface area contributed by atoms with Crippen LogP contribution in [0.1, 0.15) is 19.8 Å². The lowest BCUT2D eigenvalue weighted by Crippen LogP contribution is -2.21. The molecular weight excluding hydrogens is 322 g/mol. The number of nitrogens with zero attached hydrogens (tertiary/aromatic N) is 2. The Labute approximate surface area is 144 Å². The summed E-state index contributed by atoms with van der Waals surface area (Å²) in [5.41, 5.74) is 1.97. The Hall–Kier alpha value is -2.21. The third-order valence-electron chi connectivity index (χ3n) is 4.10. The minimum absolute atomic E-state index is 0.0763. The van der Waals surface area contributed by atoms with Crippen LogP contribution in [-0.4, -0.2) is 26.9 Å². The number of thioether (sulfide) groups is 1. The SMILES string of the molecule is CCSc1nc2cc[nH]c2c(=O)n1-c1ccc(OCC2CC2)cc1. The fourth-order valence-electron chi connectivity index (χ4n) is 2.62. The van der Waals surface area contributed by atoms with E-state index >= 15 is 0 Å². The molecule has 3 aromatic rings. The van der Waals surface area contributed by atoms with Gasteiger partial charge in [-0.05, 0) is 54.8 Å². The smallest absolute Gasteiger partial charge is 0.283 e. The summed E-state index contributed by atoms with van der Waals surface area (Å²) in [6, 6.07) is 9.50. The van der Waals surface area contributed by atoms with Gasteiger partial charge in [0.2, 0.25) is 0 Å². The molecule has 124 valence electrons. The fourth-order valence-corrected chi connectivity index (χ4v) is 3.36. The lowest BCUT2D eigenvalue weighted by atomic mass is 10.3. The first-order valence-corrected chi connectivity index (χ1v) is 9.21. The molecule has 5 nitrogen and oxygen atoms in total. The van der Waals surface area contributed by atoms with Crippen LogP contribution in [0.2, 0.25) is 0 Å². The molecule has 0 atom stereocenters. The third-order valence-corrected chi connectivity index (χ3v) is 4.92. The highest BCUT2D eigenvalue weighted by atomic mass is 32.2. The number of fused-ring (bicyclic) bond motifs is 1. The number of H-pyrrole nitrogens is 1. The normalized spacial score (nSPS) is 14.2. The summed E-state index contributed by atoms with van der Waals surface area (Å²) in [4.78, 5) is 20.4. The summed E-state index contributed by atoms with van der Waals surface area (Å²) in [7, 11) is 0. The zero-order valence-corrected chi connectivity index (χ0v) is 14.3. The first kappa shape index (κ1) is 15.3. The third kappa shape index (κ3) is 2.94. The van der Waals surface area contributed by atoms with Crippen LogP contribution >= 0.6 is 11.8 Å². The molecule has 0 bridgehead atoms. The van der Waals surface area contributed by atoms with Gasteiger partial charge in [-0.1, -0.05) is 18.7 Å². The van der Waals surface area contributed by atoms with Crippen LogP contribution in [0.15, 0.2) is 46.5 Å². The van der Waals surface area contributed by atoms with Gasteiger partial charge in [0.25, 0.3) is 5.56 Å². The highest BCUT2D eigenvalue weighted by Gasteiger charge is 2.22. The van der Waals surface area contributed by atoms with E-state index in [2.05, 4.69) is 16.9 Å². The summed E-state index contributed by atoms with van der Waals surface area (Å²) in [5.74, 6) is 2.42. The lowest BCUT2D eigenvalue weighted by molar-refractivity contribution is 0.300. The Morgan fingerprint density at radius 3 is 2.79 bits per heavy atom. The van der Waals surface area contributed by atoms with Crippen molar-refractivity contribution in [1.82, 2.24) is 14.5 Å². The molecule has 0 aliphatic heterocycles. The van der Waals surface area contributed by atoms with Crippen molar-refractivity contribution in [2.45, 2.75) is 24.9 Å². The summed E-state index contributed by atoms with van der Waals surface area (Å²) < 4.78 is 7.44. The minimum atomic E-state index is -0.0763. The van der Waals surface area contributed by atoms with E-state index in [0.29, 0.717) is 16.2 Å². The standard InChI is InChI=1S/C18H19N3O2S/c1-2-24-18-20-15-9-10-19-16(15)17(22)21(18)13-5-7-14(8-6-13)23-11-12-3-4-12/h5-10,12,19H,2-4,11H2,1H3. The molecule has 1 aromatic carbocycles. The molecule has 1 aliphatic carbocycles. The van der Waals surface area contributed by atoms with Crippen LogP contribution in [0, 0.1) is 5.92 Å². The fraction of sp³-hybridized carbons (Fsp3) is 0.333. The minimum Gasteiger partial charge on any atom is -0.493 e. The van der Waals surface area contributed by atoms with Gasteiger partial charge in [-0.25, -0.2) is 4.98 Å². The van der Waals surface area contributed by atoms with Gasteiger partial charge in [-0.3, -0.25) is 9.36 Å². The maximum Gasteiger partial charge on any atom is 0.283 e. The van der Waals surface area contributed by atoms with Gasteiger partial charge in [0.1, 0.15) is 11.3 Å². The van der Waals surface area contributed by atoms with E-state index in [9.17, 15) is 4.79 Å². The molecule has 2 heterocycles. The van der Waals surface area contributed by atoms with Gasteiger partial charge in [0, 0.05) is 6.20 Å². The van der Waals surface area contributed by atoms with Crippen LogP contribution < -0.4 is 10.3 Å². The molecule has 0 amide bonds. The van der Waals surface area contributed by atoms with Crippen molar-refractivity contribution in [2.24, 2.45) is 5.92 Å². The predicted molar refractivity (Wildman–Crippen MR) is 96.3 cm³/mol. The van der Waals surface area contributed by atoms with Crippen LogP contribution in [-0.2, 0) is 0 Å². The average Bonchev–Trinajstić information content (AvgIpc) is 3.30. The molecule has 4 rings (SSSR count). The zero-order chi connectivity index (χ0) is 16.5. The number of rotatable bonds is 6. The molecule has 1 aliphatic rings. The van der Waals surface area contributed by atoms with Crippen LogP contribution in [0.3, 0.4) is 0 Å². The van der Waals surface area contributed by atoms with E-state index in [4.69, 9.17) is 4.74 Å². The predicted octanol–water partition coefficient (Wildman–Crippen LogP) is 3.61. The molecule has 0 unspecified atom stereocenters. The first-order chi connectivity index (χ1) is 11.8. The Kier molecular flexibility index (Phi) is 4.06. The highest BCUT2D eigenvalue weighted by Crippen LogP contribution is 2.30. The number of hydrogen-bond acceptors (Lipinski definition) is 4. The summed E-state index contributed by atoms with van der Waals surface area (Å²) in [5, 5.41) is 0.709. The van der Waals surface area contributed by atoms with E-state index in [0.717, 1.165) is 29.7 Å². The molecule has 0 saturated heterocycles. The Morgan fingerprint density at radius 1 is 1.29 bits per heavy atom. The van der Waals surface area contributed by atoms with E-state index in [1.165, 1.54) is 12.8 Å². The Morgan fingerprint density at radius 2 is 2.08 bits per heavy atom. The second kappa shape index (κ2) is 6.36. The molecule has 1 fully saturated rings. The Bertz CT molecular complexity index is 910. The van der Waals surface area contributed by atoms with Gasteiger partial charge in [-0.2, -0.15) is 0 Å². The van der Waals surface area contributed by atoms with Crippen molar-refractivity contribution in [3.8, 4) is 11.4 Å². The summed E-state index contributed by atoms with van der Waals surface area (Å²) in [6.45, 7) is 2.84. The van der Waals surface area contributed by atoms with Crippen LogP contribution in [0.5, 0.6) is 5.75 Å². The van der Waals surface area contributed by atoms with Gasteiger partial charge in [-0.15, -0.1) is 0 Å². The van der Waals surface area contributed by atoms with Crippen molar-refractivity contribution in [1.29, 1.82) is 0 Å². The number of benzene rings is 1. The molecule has 1 N–H and O–H groups in total. The molecule has 0 spiro atoms. The number of nitrogens with one attached hydrogen (secondary N) is 1. The largest absolute Gasteiger partial charge is 0.493 e. The van der Waals surface area contributed by atoms with Gasteiger partial charge >= 0.3 is 0 Å². The van der Waals surface area contributed by atoms with Crippen LogP contribution in [0.25, 0.3) is 16.7 Å². The molecule has 2 aromatic heterocycles. The summed E-state index contributed by atoms with van der Waals surface area (Å²) in [6.07, 6.45) is 4.29. The number of ether oxygens (including phenoxy) is 1. The Balaban J connectivity index is 1.72. The maximum atomic E-state index is 12.8. The van der Waals surface area contributed by atoms with E-state index in [1.807, 2.05) is 30.3 Å². The molecular formula is C18H19N3O2S. The van der Waals surface area contributed by atoms with Gasteiger partial charge in [0.05, 0.1) is 17.8 Å². The first-order valence-electron chi connectivity index (χ1n) is 8.22. The average molecular weight is 341 g/mol. The lowest BCUT2D eigenvalue weighted by Gasteiger charge is -2.12. The maximum absolute atomic E-state index is 12.8. The van der Waals surface area contributed by atoms with Crippen molar-refractivity contribution >= 4 is 22.8 Å². The number of aromatic amines is 1. The van der Waals surface area contributed by atoms with Crippen molar-refractivity contribution in [3.63, 3.8) is 0 Å². The zero-order valence-electron chi connectivity index (χ0n) is 13.5. The topological polar surface area (TPSA) is 59.9 Å². The van der Waals surface area contributed by atoms with Gasteiger partial charge in [0.15, 0.2) is 5.16 Å². The van der Waals surface area contributed by atoms with E-state index in [-0.39, 0.29) is 5.56 Å².